The number of methoxy groups -OCH3 is 2. The van der Waals surface area contributed by atoms with Crippen LogP contribution in [0, 0.1) is 0 Å². The molecule has 0 aromatic carbocycles. The molecule has 1 fully saturated rings. The maximum atomic E-state index is 11.5. The van der Waals surface area contributed by atoms with Crippen LogP contribution in [0.3, 0.4) is 0 Å². The first-order valence-corrected chi connectivity index (χ1v) is 7.37. The van der Waals surface area contributed by atoms with Crippen molar-refractivity contribution in [1.29, 1.82) is 0 Å². The Kier molecular flexibility index (Phi) is 5.01. The molecule has 0 bridgehead atoms. The van der Waals surface area contributed by atoms with E-state index in [1.54, 1.807) is 7.11 Å². The molecule has 0 saturated heterocycles. The molecule has 0 amide bonds. The monoisotopic (exact) mass is 304 g/mol. The molecule has 2 rings (SSSR count). The molecular weight excluding hydrogens is 288 g/mol. The minimum absolute atomic E-state index is 0.193. The summed E-state index contributed by atoms with van der Waals surface area (Å²) in [4.78, 5) is 15.9. The highest BCUT2D eigenvalue weighted by atomic mass is 35.5. The Hall–Kier alpha value is -0.850. The van der Waals surface area contributed by atoms with Gasteiger partial charge in [-0.15, -0.1) is 0 Å². The summed E-state index contributed by atoms with van der Waals surface area (Å²) in [6, 6.07) is 0.311. The van der Waals surface area contributed by atoms with Crippen molar-refractivity contribution < 1.29 is 14.3 Å². The summed E-state index contributed by atoms with van der Waals surface area (Å²) in [5, 5.41) is 4.17. The highest BCUT2D eigenvalue weighted by Gasteiger charge is 2.24. The average Bonchev–Trinajstić information content (AvgIpc) is 2.79. The van der Waals surface area contributed by atoms with Gasteiger partial charge < -0.3 is 14.8 Å². The lowest BCUT2D eigenvalue weighted by Gasteiger charge is -2.28. The van der Waals surface area contributed by atoms with Crippen LogP contribution in [0.25, 0.3) is 0 Å². The van der Waals surface area contributed by atoms with E-state index in [1.807, 2.05) is 0 Å². The van der Waals surface area contributed by atoms with Gasteiger partial charge in [0.05, 0.1) is 13.2 Å². The van der Waals surface area contributed by atoms with Crippen LogP contribution in [0.5, 0.6) is 0 Å². The third-order valence-electron chi connectivity index (χ3n) is 3.24. The lowest BCUT2D eigenvalue weighted by atomic mass is 9.93. The number of esters is 1. The summed E-state index contributed by atoms with van der Waals surface area (Å²) >= 11 is 7.15. The molecule has 1 saturated carbocycles. The van der Waals surface area contributed by atoms with Gasteiger partial charge in [-0.2, -0.15) is 0 Å². The molecule has 106 valence electrons. The molecule has 1 N–H and O–H groups in total. The quantitative estimate of drug-likeness (QED) is 0.867. The van der Waals surface area contributed by atoms with Gasteiger partial charge in [0, 0.05) is 13.2 Å². The number of thiazole rings is 1. The van der Waals surface area contributed by atoms with Crippen LogP contribution in [-0.4, -0.2) is 37.3 Å². The number of aromatic nitrogens is 1. The van der Waals surface area contributed by atoms with Gasteiger partial charge in [0.1, 0.15) is 0 Å². The van der Waals surface area contributed by atoms with Crippen LogP contribution >= 0.6 is 22.9 Å². The zero-order chi connectivity index (χ0) is 13.8. The number of carbonyl (C=O) groups is 1. The average molecular weight is 305 g/mol. The molecule has 2 unspecified atom stereocenters. The number of halogens is 1. The second-order valence-electron chi connectivity index (χ2n) is 4.50. The maximum absolute atomic E-state index is 11.5. The maximum Gasteiger partial charge on any atom is 0.351 e. The summed E-state index contributed by atoms with van der Waals surface area (Å²) in [5.41, 5.74) is 0. The number of nitrogens with one attached hydrogen (secondary N) is 1. The lowest BCUT2D eigenvalue weighted by molar-refractivity contribution is 0.0606. The van der Waals surface area contributed by atoms with Gasteiger partial charge in [-0.05, 0) is 25.7 Å². The van der Waals surface area contributed by atoms with Gasteiger partial charge in [0.15, 0.2) is 15.2 Å². The number of carbonyl (C=O) groups excluding carboxylic acids is 1. The Balaban J connectivity index is 2.01. The first kappa shape index (κ1) is 14.6. The lowest BCUT2D eigenvalue weighted by Crippen LogP contribution is -2.30. The van der Waals surface area contributed by atoms with Gasteiger partial charge in [-0.1, -0.05) is 22.9 Å². The van der Waals surface area contributed by atoms with Gasteiger partial charge in [-0.3, -0.25) is 0 Å². The van der Waals surface area contributed by atoms with Crippen molar-refractivity contribution in [2.45, 2.75) is 37.8 Å². The fourth-order valence-corrected chi connectivity index (χ4v) is 3.43. The number of anilines is 1. The van der Waals surface area contributed by atoms with Crippen LogP contribution in [0.2, 0.25) is 5.15 Å². The van der Waals surface area contributed by atoms with E-state index in [1.165, 1.54) is 18.4 Å². The van der Waals surface area contributed by atoms with Crippen LogP contribution in [0.4, 0.5) is 5.13 Å². The molecule has 1 aliphatic carbocycles. The SMILES string of the molecule is COC(=O)c1sc(NC2CCCC(OC)C2)nc1Cl. The normalized spacial score (nSPS) is 23.1. The standard InChI is InChI=1S/C12H17ClN2O3S/c1-17-8-5-3-4-7(6-8)14-12-15-10(13)9(19-12)11(16)18-2/h7-8H,3-6H2,1-2H3,(H,14,15). The molecule has 2 atom stereocenters. The Labute approximate surface area is 121 Å². The fourth-order valence-electron chi connectivity index (χ4n) is 2.25. The van der Waals surface area contributed by atoms with E-state index in [0.717, 1.165) is 25.7 Å². The molecule has 0 radical (unpaired) electrons. The van der Waals surface area contributed by atoms with Gasteiger partial charge in [0.2, 0.25) is 0 Å². The van der Waals surface area contributed by atoms with Crippen molar-refractivity contribution in [1.82, 2.24) is 4.98 Å². The molecule has 1 aliphatic rings. The highest BCUT2D eigenvalue weighted by molar-refractivity contribution is 7.18. The Morgan fingerprint density at radius 1 is 1.47 bits per heavy atom. The van der Waals surface area contributed by atoms with E-state index >= 15 is 0 Å². The molecule has 7 heteroatoms. The molecule has 19 heavy (non-hydrogen) atoms. The van der Waals surface area contributed by atoms with E-state index in [2.05, 4.69) is 15.0 Å². The first-order valence-electron chi connectivity index (χ1n) is 6.18. The fraction of sp³-hybridized carbons (Fsp3) is 0.667. The third kappa shape index (κ3) is 3.58. The topological polar surface area (TPSA) is 60.5 Å². The predicted molar refractivity (Wildman–Crippen MR) is 75.1 cm³/mol. The first-order chi connectivity index (χ1) is 9.13. The van der Waals surface area contributed by atoms with Gasteiger partial charge >= 0.3 is 5.97 Å². The second kappa shape index (κ2) is 6.54. The third-order valence-corrected chi connectivity index (χ3v) is 4.60. The van der Waals surface area contributed by atoms with Crippen molar-refractivity contribution in [2.24, 2.45) is 0 Å². The molecule has 1 aromatic rings. The van der Waals surface area contributed by atoms with Crippen molar-refractivity contribution in [3.05, 3.63) is 10.0 Å². The summed E-state index contributed by atoms with van der Waals surface area (Å²) in [7, 11) is 3.07. The number of hydrogen-bond donors (Lipinski definition) is 1. The smallest absolute Gasteiger partial charge is 0.351 e. The Bertz CT molecular complexity index is 452. The number of rotatable bonds is 4. The zero-order valence-corrected chi connectivity index (χ0v) is 12.5. The second-order valence-corrected chi connectivity index (χ2v) is 5.85. The summed E-state index contributed by atoms with van der Waals surface area (Å²) in [6.07, 6.45) is 4.54. The zero-order valence-electron chi connectivity index (χ0n) is 10.9. The van der Waals surface area contributed by atoms with E-state index in [0.29, 0.717) is 22.2 Å². The molecule has 1 heterocycles. The summed E-state index contributed by atoms with van der Waals surface area (Å²) in [5.74, 6) is -0.450. The molecule has 1 aromatic heterocycles. The van der Waals surface area contributed by atoms with Gasteiger partial charge in [-0.25, -0.2) is 9.78 Å². The minimum atomic E-state index is -0.450. The number of hydrogen-bond acceptors (Lipinski definition) is 6. The van der Waals surface area contributed by atoms with E-state index in [9.17, 15) is 4.79 Å². The molecule has 0 aliphatic heterocycles. The highest BCUT2D eigenvalue weighted by Crippen LogP contribution is 2.30. The van der Waals surface area contributed by atoms with Crippen LogP contribution < -0.4 is 5.32 Å². The summed E-state index contributed by atoms with van der Waals surface area (Å²) < 4.78 is 10.0. The van der Waals surface area contributed by atoms with Crippen LogP contribution in [-0.2, 0) is 9.47 Å². The number of nitrogens with zero attached hydrogens (tertiary/aromatic N) is 1. The van der Waals surface area contributed by atoms with E-state index < -0.39 is 5.97 Å². The van der Waals surface area contributed by atoms with E-state index in [-0.39, 0.29) is 5.15 Å². The van der Waals surface area contributed by atoms with Crippen molar-refractivity contribution in [3.8, 4) is 0 Å². The number of ether oxygens (including phenoxy) is 2. The Morgan fingerprint density at radius 3 is 2.95 bits per heavy atom. The van der Waals surface area contributed by atoms with Crippen molar-refractivity contribution in [2.75, 3.05) is 19.5 Å². The van der Waals surface area contributed by atoms with E-state index in [4.69, 9.17) is 16.3 Å². The molecule has 5 nitrogen and oxygen atoms in total. The largest absolute Gasteiger partial charge is 0.465 e. The van der Waals surface area contributed by atoms with Crippen molar-refractivity contribution in [3.63, 3.8) is 0 Å². The summed E-state index contributed by atoms with van der Waals surface area (Å²) in [6.45, 7) is 0. The van der Waals surface area contributed by atoms with Gasteiger partial charge in [0.25, 0.3) is 0 Å². The van der Waals surface area contributed by atoms with Crippen molar-refractivity contribution >= 4 is 34.0 Å². The molecule has 0 spiro atoms. The van der Waals surface area contributed by atoms with Crippen LogP contribution in [0.1, 0.15) is 35.4 Å². The minimum Gasteiger partial charge on any atom is -0.465 e. The Morgan fingerprint density at radius 2 is 2.26 bits per heavy atom. The van der Waals surface area contributed by atoms with Crippen LogP contribution in [0.15, 0.2) is 0 Å². The predicted octanol–water partition coefficient (Wildman–Crippen LogP) is 2.95. The molecular formula is C12H17ClN2O3S.